The maximum atomic E-state index is 11.6. The monoisotopic (exact) mass is 423 g/mol. The Morgan fingerprint density at radius 1 is 1.17 bits per heavy atom. The van der Waals surface area contributed by atoms with E-state index < -0.39 is 0 Å². The van der Waals surface area contributed by atoms with Gasteiger partial charge in [-0.1, -0.05) is 41.9 Å². The summed E-state index contributed by atoms with van der Waals surface area (Å²) in [7, 11) is 0. The minimum Gasteiger partial charge on any atom is -0.424 e. The van der Waals surface area contributed by atoms with E-state index in [1.54, 1.807) is 0 Å². The molecular formula is C20H14ClN5O2S. The summed E-state index contributed by atoms with van der Waals surface area (Å²) >= 11 is 7.97. The summed E-state index contributed by atoms with van der Waals surface area (Å²) in [5.41, 5.74) is 2.85. The fourth-order valence-corrected chi connectivity index (χ4v) is 4.15. The van der Waals surface area contributed by atoms with Gasteiger partial charge in [0.05, 0.1) is 22.2 Å². The first-order valence-corrected chi connectivity index (χ1v) is 9.91. The van der Waals surface area contributed by atoms with Gasteiger partial charge in [0.25, 0.3) is 0 Å². The Balaban J connectivity index is 1.53. The van der Waals surface area contributed by atoms with Crippen molar-refractivity contribution in [3.05, 3.63) is 64.3 Å². The van der Waals surface area contributed by atoms with Gasteiger partial charge >= 0.3 is 0 Å². The van der Waals surface area contributed by atoms with Crippen molar-refractivity contribution in [2.24, 2.45) is 0 Å². The van der Waals surface area contributed by atoms with E-state index in [0.29, 0.717) is 17.3 Å². The molecule has 0 aliphatic carbocycles. The van der Waals surface area contributed by atoms with Crippen LogP contribution in [0.1, 0.15) is 16.8 Å². The van der Waals surface area contributed by atoms with Crippen LogP contribution in [0.2, 0.25) is 5.02 Å². The van der Waals surface area contributed by atoms with Crippen LogP contribution in [0.3, 0.4) is 0 Å². The van der Waals surface area contributed by atoms with Crippen LogP contribution in [-0.2, 0) is 17.6 Å². The predicted octanol–water partition coefficient (Wildman–Crippen LogP) is 3.77. The van der Waals surface area contributed by atoms with Gasteiger partial charge in [-0.2, -0.15) is 5.26 Å². The molecule has 0 aliphatic rings. The van der Waals surface area contributed by atoms with E-state index in [2.05, 4.69) is 26.6 Å². The van der Waals surface area contributed by atoms with E-state index in [1.165, 1.54) is 11.3 Å². The number of aromatic nitrogens is 3. The van der Waals surface area contributed by atoms with Crippen molar-refractivity contribution in [2.45, 2.75) is 12.8 Å². The molecule has 2 aromatic carbocycles. The van der Waals surface area contributed by atoms with E-state index in [1.807, 2.05) is 42.5 Å². The number of amides is 1. The molecule has 0 fully saturated rings. The fraction of sp³-hybridized carbons (Fsp3) is 0.150. The van der Waals surface area contributed by atoms with Gasteiger partial charge in [-0.3, -0.25) is 4.79 Å². The van der Waals surface area contributed by atoms with Crippen LogP contribution in [0, 0.1) is 11.3 Å². The topological polar surface area (TPSA) is 105 Å². The lowest BCUT2D eigenvalue weighted by atomic mass is 10.1. The Morgan fingerprint density at radius 3 is 2.76 bits per heavy atom. The Labute approximate surface area is 175 Å². The second kappa shape index (κ2) is 8.39. The molecule has 0 bridgehead atoms. The van der Waals surface area contributed by atoms with E-state index in [9.17, 15) is 4.79 Å². The summed E-state index contributed by atoms with van der Waals surface area (Å²) in [5.74, 6) is 0.217. The summed E-state index contributed by atoms with van der Waals surface area (Å²) in [6.45, 7) is -0.0583. The molecule has 0 saturated carbocycles. The van der Waals surface area contributed by atoms with Gasteiger partial charge < -0.3 is 9.73 Å². The number of fused-ring (bicyclic) bond motifs is 1. The van der Waals surface area contributed by atoms with Crippen molar-refractivity contribution in [3.8, 4) is 17.2 Å². The highest BCUT2D eigenvalue weighted by molar-refractivity contribution is 7.18. The van der Waals surface area contributed by atoms with Crippen LogP contribution in [0.25, 0.3) is 21.3 Å². The molecule has 2 heterocycles. The largest absolute Gasteiger partial charge is 0.424 e. The number of carbonyl (C=O) groups is 1. The summed E-state index contributed by atoms with van der Waals surface area (Å²) in [6, 6.07) is 15.8. The number of thiazole rings is 1. The molecule has 1 N–H and O–H groups in total. The van der Waals surface area contributed by atoms with E-state index in [-0.39, 0.29) is 24.8 Å². The molecule has 0 atom stereocenters. The molecule has 4 aromatic rings. The van der Waals surface area contributed by atoms with Gasteiger partial charge in [0.2, 0.25) is 17.7 Å². The quantitative estimate of drug-likeness (QED) is 0.473. The Kier molecular flexibility index (Phi) is 5.51. The van der Waals surface area contributed by atoms with E-state index >= 15 is 0 Å². The van der Waals surface area contributed by atoms with Gasteiger partial charge in [-0.25, -0.2) is 4.98 Å². The van der Waals surface area contributed by atoms with Crippen LogP contribution in [0.5, 0.6) is 0 Å². The molecule has 0 unspecified atom stereocenters. The molecule has 4 rings (SSSR count). The molecule has 0 spiro atoms. The van der Waals surface area contributed by atoms with Crippen molar-refractivity contribution in [2.75, 3.05) is 6.54 Å². The van der Waals surface area contributed by atoms with Crippen molar-refractivity contribution in [1.29, 1.82) is 5.26 Å². The number of carbonyl (C=O) groups excluding carboxylic acids is 1. The maximum Gasteiger partial charge on any atom is 0.230 e. The number of rotatable bonds is 6. The van der Waals surface area contributed by atoms with Crippen LogP contribution in [0.4, 0.5) is 0 Å². The molecule has 144 valence electrons. The molecule has 0 radical (unpaired) electrons. The molecule has 0 saturated heterocycles. The highest BCUT2D eigenvalue weighted by Crippen LogP contribution is 2.34. The Hall–Kier alpha value is -3.28. The zero-order valence-corrected chi connectivity index (χ0v) is 16.6. The van der Waals surface area contributed by atoms with Gasteiger partial charge in [-0.05, 0) is 23.3 Å². The van der Waals surface area contributed by atoms with Crippen molar-refractivity contribution in [3.63, 3.8) is 0 Å². The first-order valence-electron chi connectivity index (χ1n) is 8.71. The van der Waals surface area contributed by atoms with E-state index in [0.717, 1.165) is 26.4 Å². The Bertz CT molecular complexity index is 1210. The number of hydrogen-bond donors (Lipinski definition) is 1. The average Bonchev–Trinajstić information content (AvgIpc) is 3.34. The zero-order chi connectivity index (χ0) is 20.2. The molecule has 7 nitrogen and oxygen atoms in total. The lowest BCUT2D eigenvalue weighted by Gasteiger charge is -2.02. The maximum absolute atomic E-state index is 11.6. The summed E-state index contributed by atoms with van der Waals surface area (Å²) in [6.07, 6.45) is 0.282. The molecule has 9 heteroatoms. The average molecular weight is 424 g/mol. The first kappa shape index (κ1) is 19.1. The van der Waals surface area contributed by atoms with Crippen molar-refractivity contribution >= 4 is 39.1 Å². The fourth-order valence-electron chi connectivity index (χ4n) is 2.81. The molecule has 1 amide bonds. The van der Waals surface area contributed by atoms with Crippen LogP contribution in [-0.4, -0.2) is 27.6 Å². The van der Waals surface area contributed by atoms with Crippen molar-refractivity contribution in [1.82, 2.24) is 20.5 Å². The van der Waals surface area contributed by atoms with Gasteiger partial charge in [0, 0.05) is 0 Å². The first-order chi connectivity index (χ1) is 14.1. The van der Waals surface area contributed by atoms with Gasteiger partial charge in [-0.15, -0.1) is 21.5 Å². The number of benzene rings is 2. The second-order valence-electron chi connectivity index (χ2n) is 6.16. The van der Waals surface area contributed by atoms with E-state index in [4.69, 9.17) is 21.3 Å². The number of hydrogen-bond acceptors (Lipinski definition) is 7. The van der Waals surface area contributed by atoms with Gasteiger partial charge in [0.15, 0.2) is 0 Å². The highest BCUT2D eigenvalue weighted by atomic mass is 35.5. The number of nitriles is 1. The summed E-state index contributed by atoms with van der Waals surface area (Å²) < 4.78 is 6.50. The third-order valence-corrected chi connectivity index (χ3v) is 5.38. The lowest BCUT2D eigenvalue weighted by molar-refractivity contribution is -0.120. The standard InChI is InChI=1S/C20H14ClN5O2S/c21-14-8-13(12-4-2-1-3-5-12)9-15-20(14)24-19(29-15)11-18-26-25-17(28-18)10-16(27)23-7-6-22/h1-5,8-9H,7,10-11H2,(H,23,27). The third kappa shape index (κ3) is 4.42. The summed E-state index contributed by atoms with van der Waals surface area (Å²) in [5, 5.41) is 20.1. The second-order valence-corrected chi connectivity index (χ2v) is 7.68. The minimum absolute atomic E-state index is 0.0583. The van der Waals surface area contributed by atoms with Gasteiger partial charge in [0.1, 0.15) is 23.5 Å². The van der Waals surface area contributed by atoms with Crippen LogP contribution < -0.4 is 5.32 Å². The normalized spacial score (nSPS) is 10.8. The zero-order valence-electron chi connectivity index (χ0n) is 15.1. The number of nitrogens with one attached hydrogen (secondary N) is 1. The minimum atomic E-state index is -0.345. The molecule has 29 heavy (non-hydrogen) atoms. The molecular weight excluding hydrogens is 410 g/mol. The highest BCUT2D eigenvalue weighted by Gasteiger charge is 2.15. The predicted molar refractivity (Wildman–Crippen MR) is 109 cm³/mol. The number of halogens is 1. The Morgan fingerprint density at radius 2 is 1.97 bits per heavy atom. The SMILES string of the molecule is N#CCNC(=O)Cc1nnc(Cc2nc3c(Cl)cc(-c4ccccc4)cc3s2)o1. The number of nitrogens with zero attached hydrogens (tertiary/aromatic N) is 4. The smallest absolute Gasteiger partial charge is 0.230 e. The third-order valence-electron chi connectivity index (χ3n) is 4.09. The summed E-state index contributed by atoms with van der Waals surface area (Å²) in [4.78, 5) is 16.2. The van der Waals surface area contributed by atoms with Crippen LogP contribution >= 0.6 is 22.9 Å². The molecule has 2 aromatic heterocycles. The van der Waals surface area contributed by atoms with Crippen LogP contribution in [0.15, 0.2) is 46.9 Å². The van der Waals surface area contributed by atoms with Crippen molar-refractivity contribution < 1.29 is 9.21 Å². The molecule has 0 aliphatic heterocycles. The lowest BCUT2D eigenvalue weighted by Crippen LogP contribution is -2.25.